The molecule has 0 fully saturated rings. The molecule has 22 heavy (non-hydrogen) atoms. The highest BCUT2D eigenvalue weighted by Crippen LogP contribution is 2.11. The van der Waals surface area contributed by atoms with Gasteiger partial charge >= 0.3 is 6.09 Å². The third-order valence-electron chi connectivity index (χ3n) is 2.95. The van der Waals surface area contributed by atoms with Crippen LogP contribution in [0.15, 0.2) is 19.0 Å². The van der Waals surface area contributed by atoms with E-state index in [0.29, 0.717) is 19.6 Å². The Bertz CT molecular complexity index is 489. The van der Waals surface area contributed by atoms with E-state index < -0.39 is 5.60 Å². The third kappa shape index (κ3) is 6.30. The number of hydrogen-bond donors (Lipinski definition) is 1. The maximum atomic E-state index is 12.2. The zero-order valence-corrected chi connectivity index (χ0v) is 14.3. The molecular formula is C16H28N4O2. The molecule has 0 saturated heterocycles. The number of aromatic nitrogens is 2. The van der Waals surface area contributed by atoms with Gasteiger partial charge in [-0.25, -0.2) is 9.48 Å². The Morgan fingerprint density at radius 3 is 2.73 bits per heavy atom. The summed E-state index contributed by atoms with van der Waals surface area (Å²) in [5, 5.41) is 7.42. The highest BCUT2D eigenvalue weighted by atomic mass is 16.6. The molecule has 0 radical (unpaired) electrons. The zero-order chi connectivity index (χ0) is 16.8. The van der Waals surface area contributed by atoms with E-state index in [1.165, 1.54) is 0 Å². The highest BCUT2D eigenvalue weighted by molar-refractivity contribution is 5.68. The summed E-state index contributed by atoms with van der Waals surface area (Å²) in [7, 11) is 0. The monoisotopic (exact) mass is 308 g/mol. The van der Waals surface area contributed by atoms with Crippen molar-refractivity contribution in [2.24, 2.45) is 0 Å². The first-order chi connectivity index (χ1) is 10.2. The van der Waals surface area contributed by atoms with Gasteiger partial charge in [0, 0.05) is 43.6 Å². The lowest BCUT2D eigenvalue weighted by Crippen LogP contribution is -2.44. The second-order valence-corrected chi connectivity index (χ2v) is 6.46. The number of nitrogens with zero attached hydrogens (tertiary/aromatic N) is 3. The Morgan fingerprint density at radius 1 is 1.55 bits per heavy atom. The van der Waals surface area contributed by atoms with Crippen LogP contribution in [0.1, 0.15) is 40.2 Å². The number of amides is 1. The summed E-state index contributed by atoms with van der Waals surface area (Å²) in [4.78, 5) is 13.9. The van der Waals surface area contributed by atoms with E-state index >= 15 is 0 Å². The molecule has 0 aliphatic rings. The second-order valence-electron chi connectivity index (χ2n) is 6.46. The summed E-state index contributed by atoms with van der Waals surface area (Å²) in [6.07, 6.45) is 5.08. The summed E-state index contributed by atoms with van der Waals surface area (Å²) in [5.74, 6) is 0. The Hall–Kier alpha value is -1.82. The molecule has 1 rings (SSSR count). The van der Waals surface area contributed by atoms with Crippen LogP contribution < -0.4 is 5.32 Å². The fourth-order valence-corrected chi connectivity index (χ4v) is 1.88. The van der Waals surface area contributed by atoms with Crippen molar-refractivity contribution in [3.8, 4) is 0 Å². The van der Waals surface area contributed by atoms with Crippen molar-refractivity contribution >= 4 is 12.3 Å². The molecule has 1 heterocycles. The highest BCUT2D eigenvalue weighted by Gasteiger charge is 2.23. The fraction of sp³-hybridized carbons (Fsp3) is 0.625. The minimum atomic E-state index is -0.475. The quantitative estimate of drug-likeness (QED) is 0.787. The topological polar surface area (TPSA) is 59.4 Å². The summed E-state index contributed by atoms with van der Waals surface area (Å²) < 4.78 is 7.09. The first-order valence-electron chi connectivity index (χ1n) is 7.59. The minimum Gasteiger partial charge on any atom is -0.444 e. The normalized spacial score (nSPS) is 11.5. The van der Waals surface area contributed by atoms with Gasteiger partial charge in [0.2, 0.25) is 0 Å². The van der Waals surface area contributed by atoms with Crippen molar-refractivity contribution in [1.82, 2.24) is 20.0 Å². The lowest BCUT2D eigenvalue weighted by molar-refractivity contribution is 0.0193. The van der Waals surface area contributed by atoms with Crippen LogP contribution in [0.4, 0.5) is 4.79 Å². The van der Waals surface area contributed by atoms with Crippen LogP contribution in [0.5, 0.6) is 0 Å². The standard InChI is InChI=1S/C16H28N4O2/c1-7-19-12-14(11-18-19)10-17-8-9-20(13(2)3)15(21)22-16(4,5)6/h7,11-13,17H,1,8-10H2,2-6H3. The lowest BCUT2D eigenvalue weighted by Gasteiger charge is -2.30. The largest absolute Gasteiger partial charge is 0.444 e. The molecule has 0 spiro atoms. The SMILES string of the molecule is C=Cn1cc(CNCCN(C(=O)OC(C)(C)C)C(C)C)cn1. The molecule has 6 nitrogen and oxygen atoms in total. The summed E-state index contributed by atoms with van der Waals surface area (Å²) in [6.45, 7) is 15.2. The van der Waals surface area contributed by atoms with E-state index in [1.54, 1.807) is 22.0 Å². The van der Waals surface area contributed by atoms with Gasteiger partial charge in [0.15, 0.2) is 0 Å². The number of nitrogens with one attached hydrogen (secondary N) is 1. The molecule has 0 unspecified atom stereocenters. The first kappa shape index (κ1) is 18.2. The van der Waals surface area contributed by atoms with Crippen LogP contribution >= 0.6 is 0 Å². The van der Waals surface area contributed by atoms with E-state index in [-0.39, 0.29) is 12.1 Å². The van der Waals surface area contributed by atoms with Crippen molar-refractivity contribution in [1.29, 1.82) is 0 Å². The van der Waals surface area contributed by atoms with Crippen LogP contribution in [0.25, 0.3) is 6.20 Å². The van der Waals surface area contributed by atoms with Crippen molar-refractivity contribution < 1.29 is 9.53 Å². The van der Waals surface area contributed by atoms with Gasteiger partial charge in [-0.3, -0.25) is 0 Å². The van der Waals surface area contributed by atoms with Crippen molar-refractivity contribution in [2.45, 2.75) is 52.8 Å². The van der Waals surface area contributed by atoms with Gasteiger partial charge in [-0.1, -0.05) is 6.58 Å². The molecule has 124 valence electrons. The van der Waals surface area contributed by atoms with Gasteiger partial charge in [-0.2, -0.15) is 5.10 Å². The summed E-state index contributed by atoms with van der Waals surface area (Å²) in [5.41, 5.74) is 0.602. The predicted octanol–water partition coefficient (Wildman–Crippen LogP) is 2.72. The summed E-state index contributed by atoms with van der Waals surface area (Å²) in [6, 6.07) is 0.0974. The van der Waals surface area contributed by atoms with Gasteiger partial charge in [0.1, 0.15) is 5.60 Å². The lowest BCUT2D eigenvalue weighted by atomic mass is 10.2. The van der Waals surface area contributed by atoms with Gasteiger partial charge < -0.3 is 15.0 Å². The average Bonchev–Trinajstić information content (AvgIpc) is 2.83. The van der Waals surface area contributed by atoms with Crippen LogP contribution in [0.3, 0.4) is 0 Å². The third-order valence-corrected chi connectivity index (χ3v) is 2.95. The summed E-state index contributed by atoms with van der Waals surface area (Å²) >= 11 is 0. The average molecular weight is 308 g/mol. The number of rotatable bonds is 7. The molecule has 1 aromatic rings. The first-order valence-corrected chi connectivity index (χ1v) is 7.59. The van der Waals surface area contributed by atoms with Crippen LogP contribution in [0.2, 0.25) is 0 Å². The molecule has 1 N–H and O–H groups in total. The van der Waals surface area contributed by atoms with Crippen molar-refractivity contribution in [2.75, 3.05) is 13.1 Å². The Morgan fingerprint density at radius 2 is 2.23 bits per heavy atom. The predicted molar refractivity (Wildman–Crippen MR) is 88.4 cm³/mol. The Kier molecular flexibility index (Phi) is 6.61. The van der Waals surface area contributed by atoms with Gasteiger partial charge in [0.05, 0.1) is 6.20 Å². The maximum absolute atomic E-state index is 12.2. The molecule has 0 saturated carbocycles. The maximum Gasteiger partial charge on any atom is 0.410 e. The van der Waals surface area contributed by atoms with E-state index in [1.807, 2.05) is 40.8 Å². The Balaban J connectivity index is 2.41. The van der Waals surface area contributed by atoms with Gasteiger partial charge in [0.25, 0.3) is 0 Å². The van der Waals surface area contributed by atoms with Gasteiger partial charge in [-0.15, -0.1) is 0 Å². The number of carbonyl (C=O) groups is 1. The Labute approximate surface area is 133 Å². The fourth-order valence-electron chi connectivity index (χ4n) is 1.88. The number of hydrogen-bond acceptors (Lipinski definition) is 4. The molecular weight excluding hydrogens is 280 g/mol. The molecule has 0 atom stereocenters. The smallest absolute Gasteiger partial charge is 0.410 e. The van der Waals surface area contributed by atoms with E-state index in [0.717, 1.165) is 5.56 Å². The van der Waals surface area contributed by atoms with Gasteiger partial charge in [-0.05, 0) is 34.6 Å². The second kappa shape index (κ2) is 7.98. The van der Waals surface area contributed by atoms with E-state index in [4.69, 9.17) is 4.74 Å². The van der Waals surface area contributed by atoms with Crippen molar-refractivity contribution in [3.63, 3.8) is 0 Å². The van der Waals surface area contributed by atoms with Crippen molar-refractivity contribution in [3.05, 3.63) is 24.5 Å². The molecule has 0 bridgehead atoms. The van der Waals surface area contributed by atoms with Crippen LogP contribution in [-0.2, 0) is 11.3 Å². The van der Waals surface area contributed by atoms with Crippen LogP contribution in [-0.4, -0.2) is 45.5 Å². The zero-order valence-electron chi connectivity index (χ0n) is 14.3. The molecule has 1 aromatic heterocycles. The molecule has 6 heteroatoms. The number of ether oxygens (including phenoxy) is 1. The molecule has 0 aliphatic heterocycles. The van der Waals surface area contributed by atoms with E-state index in [9.17, 15) is 4.79 Å². The molecule has 0 aliphatic carbocycles. The van der Waals surface area contributed by atoms with E-state index in [2.05, 4.69) is 17.0 Å². The number of carbonyl (C=O) groups excluding carboxylic acids is 1. The molecule has 0 aromatic carbocycles. The van der Waals surface area contributed by atoms with Crippen LogP contribution in [0, 0.1) is 0 Å². The molecule has 1 amide bonds. The minimum absolute atomic E-state index is 0.0974.